The third-order valence-corrected chi connectivity index (χ3v) is 12.5. The summed E-state index contributed by atoms with van der Waals surface area (Å²) in [6.07, 6.45) is 35.4. The van der Waals surface area contributed by atoms with Gasteiger partial charge in [0.1, 0.15) is 24.4 Å². The molecule has 61 heavy (non-hydrogen) atoms. The summed E-state index contributed by atoms with van der Waals surface area (Å²) in [7, 11) is -5.08. The third-order valence-electron chi connectivity index (χ3n) is 12.1. The molecular formula is C48H93NO11S. The Kier molecular flexibility index (Phi) is 37.2. The molecule has 0 aromatic carbocycles. The second-order valence-corrected chi connectivity index (χ2v) is 18.8. The van der Waals surface area contributed by atoms with Gasteiger partial charge in [-0.15, -0.1) is 0 Å². The molecule has 0 bridgehead atoms. The van der Waals surface area contributed by atoms with Crippen LogP contribution in [0.2, 0.25) is 0 Å². The van der Waals surface area contributed by atoms with Crippen LogP contribution in [0.15, 0.2) is 12.2 Å². The van der Waals surface area contributed by atoms with Crippen molar-refractivity contribution in [1.82, 2.24) is 5.32 Å². The number of ether oxygens (including phenoxy) is 2. The maximum absolute atomic E-state index is 13.1. The Bertz CT molecular complexity index is 1140. The average molecular weight is 892 g/mol. The van der Waals surface area contributed by atoms with E-state index >= 15 is 0 Å². The number of hydrogen-bond acceptors (Lipinski definition) is 10. The van der Waals surface area contributed by atoms with E-state index in [4.69, 9.17) is 9.47 Å². The van der Waals surface area contributed by atoms with Crippen molar-refractivity contribution in [2.75, 3.05) is 13.2 Å². The molecule has 6 N–H and O–H groups in total. The predicted octanol–water partition coefficient (Wildman–Crippen LogP) is 10.3. The summed E-state index contributed by atoms with van der Waals surface area (Å²) in [4.78, 5) is 13.1. The molecule has 362 valence electrons. The van der Waals surface area contributed by atoms with Gasteiger partial charge in [-0.25, -0.2) is 4.18 Å². The van der Waals surface area contributed by atoms with Crippen LogP contribution in [0.4, 0.5) is 0 Å². The fourth-order valence-electron chi connectivity index (χ4n) is 8.16. The Hall–Kier alpha value is -1.16. The molecule has 1 aliphatic rings. The van der Waals surface area contributed by atoms with Crippen molar-refractivity contribution in [3.8, 4) is 0 Å². The maximum Gasteiger partial charge on any atom is 0.397 e. The van der Waals surface area contributed by atoms with Crippen molar-refractivity contribution >= 4 is 16.3 Å². The lowest BCUT2D eigenvalue weighted by Gasteiger charge is -2.41. The van der Waals surface area contributed by atoms with E-state index in [2.05, 4.69) is 23.3 Å². The molecule has 1 heterocycles. The van der Waals surface area contributed by atoms with Crippen LogP contribution in [0, 0.1) is 0 Å². The van der Waals surface area contributed by atoms with E-state index in [0.717, 1.165) is 38.5 Å². The van der Waals surface area contributed by atoms with Gasteiger partial charge in [-0.2, -0.15) is 8.42 Å². The Morgan fingerprint density at radius 3 is 1.43 bits per heavy atom. The van der Waals surface area contributed by atoms with Crippen LogP contribution in [0.25, 0.3) is 0 Å². The minimum absolute atomic E-state index is 0.259. The Morgan fingerprint density at radius 2 is 1.03 bits per heavy atom. The second kappa shape index (κ2) is 39.2. The lowest BCUT2D eigenvalue weighted by molar-refractivity contribution is -0.298. The van der Waals surface area contributed by atoms with Crippen LogP contribution in [0.1, 0.15) is 232 Å². The first-order valence-corrected chi connectivity index (χ1v) is 26.4. The normalized spacial score (nSPS) is 20.7. The number of hydrogen-bond donors (Lipinski definition) is 6. The molecule has 0 spiro atoms. The molecule has 0 aromatic rings. The maximum atomic E-state index is 13.1. The summed E-state index contributed by atoms with van der Waals surface area (Å²) in [5, 5.41) is 44.7. The van der Waals surface area contributed by atoms with E-state index in [1.165, 1.54) is 167 Å². The highest BCUT2D eigenvalue weighted by Gasteiger charge is 2.48. The van der Waals surface area contributed by atoms with Crippen LogP contribution in [0.3, 0.4) is 0 Å². The molecular weight excluding hydrogens is 799 g/mol. The minimum atomic E-state index is -5.08. The van der Waals surface area contributed by atoms with Gasteiger partial charge < -0.3 is 35.2 Å². The smallest absolute Gasteiger partial charge is 0.394 e. The van der Waals surface area contributed by atoms with Crippen molar-refractivity contribution in [2.24, 2.45) is 0 Å². The van der Waals surface area contributed by atoms with Crippen LogP contribution >= 0.6 is 0 Å². The molecule has 0 aliphatic carbocycles. The Morgan fingerprint density at radius 1 is 0.639 bits per heavy atom. The fourth-order valence-corrected chi connectivity index (χ4v) is 8.67. The molecule has 0 aromatic heterocycles. The zero-order valence-corrected chi connectivity index (χ0v) is 39.6. The van der Waals surface area contributed by atoms with Gasteiger partial charge in [0.15, 0.2) is 6.29 Å². The highest BCUT2D eigenvalue weighted by molar-refractivity contribution is 7.80. The standard InChI is InChI=1S/C48H93NO11S/c1-3-5-7-9-11-13-15-17-18-19-20-21-22-23-24-26-28-30-32-34-36-38-44(52)49-41(42(51)37-35-33-31-29-27-25-16-14-12-10-8-6-4-2)40-58-48-46(54)47(60-61(55,56)57)45(53)43(39-50)59-48/h35,37,41-43,45-48,50-51,53-54H,3-34,36,38-40H2,1-2H3,(H,49,52)(H,55,56,57)/b37-35+/t41-,42+,43+,45-,46?,47?,48+/m0/s1. The summed E-state index contributed by atoms with van der Waals surface area (Å²) in [6.45, 7) is 3.40. The van der Waals surface area contributed by atoms with E-state index in [1.807, 2.05) is 6.08 Å². The number of nitrogens with one attached hydrogen (secondary N) is 1. The van der Waals surface area contributed by atoms with Gasteiger partial charge in [0.05, 0.1) is 25.4 Å². The molecule has 0 radical (unpaired) electrons. The molecule has 13 heteroatoms. The minimum Gasteiger partial charge on any atom is -0.394 e. The summed E-state index contributed by atoms with van der Waals surface area (Å²) in [5.74, 6) is -0.259. The molecule has 1 rings (SSSR count). The quantitative estimate of drug-likeness (QED) is 0.0194. The number of carbonyl (C=O) groups is 1. The lowest BCUT2D eigenvalue weighted by atomic mass is 9.99. The topological polar surface area (TPSA) is 192 Å². The highest BCUT2D eigenvalue weighted by Crippen LogP contribution is 2.26. The number of aliphatic hydroxyl groups excluding tert-OH is 4. The number of rotatable bonds is 43. The van der Waals surface area contributed by atoms with Crippen molar-refractivity contribution < 1.29 is 51.8 Å². The average Bonchev–Trinajstić information content (AvgIpc) is 3.23. The second-order valence-electron chi connectivity index (χ2n) is 17.8. The molecule has 1 saturated heterocycles. The van der Waals surface area contributed by atoms with Gasteiger partial charge in [-0.1, -0.05) is 219 Å². The van der Waals surface area contributed by atoms with E-state index < -0.39 is 59.9 Å². The highest BCUT2D eigenvalue weighted by atomic mass is 32.3. The molecule has 1 aliphatic heterocycles. The fraction of sp³-hybridized carbons (Fsp3) is 0.938. The van der Waals surface area contributed by atoms with Crippen LogP contribution in [0.5, 0.6) is 0 Å². The third kappa shape index (κ3) is 32.2. The predicted molar refractivity (Wildman–Crippen MR) is 246 cm³/mol. The first-order chi connectivity index (χ1) is 29.5. The molecule has 0 saturated carbocycles. The van der Waals surface area contributed by atoms with Gasteiger partial charge in [0, 0.05) is 6.42 Å². The van der Waals surface area contributed by atoms with Crippen LogP contribution in [-0.4, -0.2) is 95.4 Å². The van der Waals surface area contributed by atoms with E-state index in [1.54, 1.807) is 6.08 Å². The first-order valence-electron chi connectivity index (χ1n) is 25.1. The Balaban J connectivity index is 2.42. The lowest BCUT2D eigenvalue weighted by Crippen LogP contribution is -2.61. The van der Waals surface area contributed by atoms with Gasteiger partial charge in [-0.05, 0) is 19.3 Å². The summed E-state index contributed by atoms with van der Waals surface area (Å²) in [5.41, 5.74) is 0. The monoisotopic (exact) mass is 892 g/mol. The van der Waals surface area contributed by atoms with E-state index in [9.17, 15) is 38.2 Å². The van der Waals surface area contributed by atoms with Gasteiger partial charge >= 0.3 is 10.4 Å². The van der Waals surface area contributed by atoms with Crippen LogP contribution < -0.4 is 5.32 Å². The zero-order valence-electron chi connectivity index (χ0n) is 38.7. The van der Waals surface area contributed by atoms with Gasteiger partial charge in [-0.3, -0.25) is 9.35 Å². The number of allylic oxidation sites excluding steroid dienone is 1. The number of amides is 1. The SMILES string of the molecule is CCCCCCCCCCCCC/C=C/[C@@H](O)[C@H](CO[C@@H]1O[C@H](CO)[C@H](O)C(OS(=O)(=O)O)C1O)NC(=O)CCCCCCCCCCCCCCCCCCCCCCC. The van der Waals surface area contributed by atoms with E-state index in [-0.39, 0.29) is 18.9 Å². The molecule has 12 nitrogen and oxygen atoms in total. The summed E-state index contributed by atoms with van der Waals surface area (Å²) in [6, 6.07) is -0.938. The molecule has 1 amide bonds. The summed E-state index contributed by atoms with van der Waals surface area (Å²) >= 11 is 0. The zero-order chi connectivity index (χ0) is 44.8. The summed E-state index contributed by atoms with van der Waals surface area (Å²) < 4.78 is 47.6. The number of carbonyl (C=O) groups excluding carboxylic acids is 1. The largest absolute Gasteiger partial charge is 0.397 e. The molecule has 7 atom stereocenters. The van der Waals surface area contributed by atoms with Gasteiger partial charge in [0.25, 0.3) is 0 Å². The number of aliphatic hydroxyl groups is 4. The van der Waals surface area contributed by atoms with Gasteiger partial charge in [0.2, 0.25) is 5.91 Å². The van der Waals surface area contributed by atoms with Crippen molar-refractivity contribution in [2.45, 2.75) is 275 Å². The van der Waals surface area contributed by atoms with Crippen molar-refractivity contribution in [1.29, 1.82) is 0 Å². The van der Waals surface area contributed by atoms with Crippen molar-refractivity contribution in [3.05, 3.63) is 12.2 Å². The van der Waals surface area contributed by atoms with Crippen molar-refractivity contribution in [3.63, 3.8) is 0 Å². The van der Waals surface area contributed by atoms with Crippen LogP contribution in [-0.2, 0) is 28.9 Å². The first kappa shape index (κ1) is 57.9. The Labute approximate surface area is 372 Å². The molecule has 2 unspecified atom stereocenters. The molecule has 1 fully saturated rings. The van der Waals surface area contributed by atoms with E-state index in [0.29, 0.717) is 6.42 Å². The number of unbranched alkanes of at least 4 members (excludes halogenated alkanes) is 31.